The summed E-state index contributed by atoms with van der Waals surface area (Å²) < 4.78 is 5.26. The number of anilines is 1. The number of hydrogen-bond acceptors (Lipinski definition) is 3. The number of carbonyl (C=O) groups excluding carboxylic acids is 1. The number of halogens is 1. The number of benzene rings is 2. The van der Waals surface area contributed by atoms with Crippen molar-refractivity contribution >= 4 is 23.2 Å². The van der Waals surface area contributed by atoms with Gasteiger partial charge in [-0.05, 0) is 36.5 Å². The fourth-order valence-corrected chi connectivity index (χ4v) is 3.22. The van der Waals surface area contributed by atoms with E-state index in [-0.39, 0.29) is 11.9 Å². The average Bonchev–Trinajstić information content (AvgIpc) is 2.57. The summed E-state index contributed by atoms with van der Waals surface area (Å²) in [5, 5.41) is 3.44. The second-order valence-corrected chi connectivity index (χ2v) is 6.10. The van der Waals surface area contributed by atoms with Crippen molar-refractivity contribution in [3.63, 3.8) is 0 Å². The first-order valence-corrected chi connectivity index (χ1v) is 7.99. The lowest BCUT2D eigenvalue weighted by Gasteiger charge is -2.26. The first-order chi connectivity index (χ1) is 11.1. The number of rotatable bonds is 3. The summed E-state index contributed by atoms with van der Waals surface area (Å²) in [6, 6.07) is 11.4. The molecule has 0 saturated heterocycles. The standard InChI is InChI=1S/C18H19ClN2O2/c1-23-17-10-15(20)14(19)9-13(17)18(22)21-16-8-4-6-11-5-2-3-7-12(11)16/h2-3,5,7,9-10,16H,4,6,8,20H2,1H3,(H,21,22). The Morgan fingerprint density at radius 1 is 1.35 bits per heavy atom. The van der Waals surface area contributed by atoms with Gasteiger partial charge in [0.25, 0.3) is 5.91 Å². The third kappa shape index (κ3) is 3.13. The molecule has 0 aromatic heterocycles. The zero-order valence-corrected chi connectivity index (χ0v) is 13.7. The third-order valence-corrected chi connectivity index (χ3v) is 4.57. The lowest BCUT2D eigenvalue weighted by Crippen LogP contribution is -2.31. The van der Waals surface area contributed by atoms with Crippen LogP contribution in [0.25, 0.3) is 0 Å². The van der Waals surface area contributed by atoms with Crippen LogP contribution in [0.5, 0.6) is 5.75 Å². The number of ether oxygens (including phenoxy) is 1. The first-order valence-electron chi connectivity index (χ1n) is 7.62. The van der Waals surface area contributed by atoms with E-state index in [0.29, 0.717) is 22.0 Å². The summed E-state index contributed by atoms with van der Waals surface area (Å²) in [5.74, 6) is 0.221. The predicted molar refractivity (Wildman–Crippen MR) is 92.0 cm³/mol. The van der Waals surface area contributed by atoms with Gasteiger partial charge in [0.1, 0.15) is 5.75 Å². The first kappa shape index (κ1) is 15.7. The highest BCUT2D eigenvalue weighted by Gasteiger charge is 2.23. The number of nitrogen functional groups attached to an aromatic ring is 1. The second-order valence-electron chi connectivity index (χ2n) is 5.69. The summed E-state index contributed by atoms with van der Waals surface area (Å²) in [7, 11) is 1.51. The Kier molecular flexibility index (Phi) is 4.44. The van der Waals surface area contributed by atoms with Crippen LogP contribution in [0.15, 0.2) is 36.4 Å². The Bertz CT molecular complexity index is 746. The smallest absolute Gasteiger partial charge is 0.255 e. The summed E-state index contributed by atoms with van der Waals surface area (Å²) in [6.07, 6.45) is 3.04. The van der Waals surface area contributed by atoms with E-state index in [0.717, 1.165) is 19.3 Å². The van der Waals surface area contributed by atoms with Gasteiger partial charge in [-0.2, -0.15) is 0 Å². The maximum absolute atomic E-state index is 12.7. The maximum Gasteiger partial charge on any atom is 0.255 e. The van der Waals surface area contributed by atoms with E-state index in [9.17, 15) is 4.79 Å². The molecule has 0 fully saturated rings. The fraction of sp³-hybridized carbons (Fsp3) is 0.278. The Morgan fingerprint density at radius 2 is 2.13 bits per heavy atom. The van der Waals surface area contributed by atoms with E-state index in [4.69, 9.17) is 22.1 Å². The van der Waals surface area contributed by atoms with Crippen LogP contribution in [0.1, 0.15) is 40.4 Å². The highest BCUT2D eigenvalue weighted by Crippen LogP contribution is 2.32. The van der Waals surface area contributed by atoms with Crippen molar-refractivity contribution in [1.82, 2.24) is 5.32 Å². The van der Waals surface area contributed by atoms with Crippen LogP contribution in [-0.4, -0.2) is 13.0 Å². The van der Waals surface area contributed by atoms with Gasteiger partial charge < -0.3 is 15.8 Å². The average molecular weight is 331 g/mol. The quantitative estimate of drug-likeness (QED) is 0.843. The van der Waals surface area contributed by atoms with Gasteiger partial charge in [-0.15, -0.1) is 0 Å². The molecule has 3 rings (SSSR count). The van der Waals surface area contributed by atoms with Crippen LogP contribution < -0.4 is 15.8 Å². The molecular formula is C18H19ClN2O2. The zero-order valence-electron chi connectivity index (χ0n) is 12.9. The third-order valence-electron chi connectivity index (χ3n) is 4.24. The van der Waals surface area contributed by atoms with Crippen LogP contribution in [0, 0.1) is 0 Å². The Morgan fingerprint density at radius 3 is 2.91 bits per heavy atom. The minimum absolute atomic E-state index is 0.00786. The van der Waals surface area contributed by atoms with Gasteiger partial charge in [-0.3, -0.25) is 4.79 Å². The SMILES string of the molecule is COc1cc(N)c(Cl)cc1C(=O)NC1CCCc2ccccc21. The van der Waals surface area contributed by atoms with Gasteiger partial charge in [-0.1, -0.05) is 35.9 Å². The molecule has 120 valence electrons. The molecule has 0 aliphatic heterocycles. The van der Waals surface area contributed by atoms with Crippen molar-refractivity contribution < 1.29 is 9.53 Å². The van der Waals surface area contributed by atoms with E-state index in [1.54, 1.807) is 12.1 Å². The van der Waals surface area contributed by atoms with E-state index in [2.05, 4.69) is 17.4 Å². The molecule has 23 heavy (non-hydrogen) atoms. The molecule has 0 heterocycles. The van der Waals surface area contributed by atoms with Crippen molar-refractivity contribution in [2.45, 2.75) is 25.3 Å². The summed E-state index contributed by atoms with van der Waals surface area (Å²) in [5.41, 5.74) is 9.04. The normalized spacial score (nSPS) is 16.5. The molecule has 1 aliphatic carbocycles. The van der Waals surface area contributed by atoms with Crippen LogP contribution in [-0.2, 0) is 6.42 Å². The predicted octanol–water partition coefficient (Wildman–Crippen LogP) is 3.74. The van der Waals surface area contributed by atoms with Crippen molar-refractivity contribution in [2.75, 3.05) is 12.8 Å². The van der Waals surface area contributed by atoms with E-state index in [1.165, 1.54) is 18.2 Å². The lowest BCUT2D eigenvalue weighted by atomic mass is 9.87. The highest BCUT2D eigenvalue weighted by atomic mass is 35.5. The number of nitrogens with one attached hydrogen (secondary N) is 1. The zero-order chi connectivity index (χ0) is 16.4. The number of hydrogen-bond donors (Lipinski definition) is 2. The van der Waals surface area contributed by atoms with Gasteiger partial charge in [0, 0.05) is 6.07 Å². The second kappa shape index (κ2) is 6.50. The molecule has 0 bridgehead atoms. The monoisotopic (exact) mass is 330 g/mol. The van der Waals surface area contributed by atoms with Gasteiger partial charge >= 0.3 is 0 Å². The molecule has 1 aliphatic rings. The summed E-state index contributed by atoms with van der Waals surface area (Å²) >= 11 is 6.05. The van der Waals surface area contributed by atoms with Crippen molar-refractivity contribution in [2.24, 2.45) is 0 Å². The number of methoxy groups -OCH3 is 1. The number of fused-ring (bicyclic) bond motifs is 1. The number of nitrogens with two attached hydrogens (primary N) is 1. The van der Waals surface area contributed by atoms with Gasteiger partial charge in [0.2, 0.25) is 0 Å². The fourth-order valence-electron chi connectivity index (χ4n) is 3.06. The van der Waals surface area contributed by atoms with Crippen LogP contribution in [0.3, 0.4) is 0 Å². The van der Waals surface area contributed by atoms with Crippen molar-refractivity contribution in [3.8, 4) is 5.75 Å². The summed E-state index contributed by atoms with van der Waals surface area (Å²) in [4.78, 5) is 12.7. The van der Waals surface area contributed by atoms with Gasteiger partial charge in [0.05, 0.1) is 29.4 Å². The molecule has 1 unspecified atom stereocenters. The van der Waals surface area contributed by atoms with Crippen molar-refractivity contribution in [1.29, 1.82) is 0 Å². The Labute approximate surface area is 140 Å². The maximum atomic E-state index is 12.7. The summed E-state index contributed by atoms with van der Waals surface area (Å²) in [6.45, 7) is 0. The molecule has 3 N–H and O–H groups in total. The molecule has 0 spiro atoms. The van der Waals surface area contributed by atoms with Crippen LogP contribution in [0.4, 0.5) is 5.69 Å². The van der Waals surface area contributed by atoms with Crippen LogP contribution >= 0.6 is 11.6 Å². The highest BCUT2D eigenvalue weighted by molar-refractivity contribution is 6.33. The molecule has 2 aromatic carbocycles. The van der Waals surface area contributed by atoms with Gasteiger partial charge in [-0.25, -0.2) is 0 Å². The Hall–Kier alpha value is -2.20. The molecule has 5 heteroatoms. The largest absolute Gasteiger partial charge is 0.496 e. The minimum atomic E-state index is -0.203. The molecular weight excluding hydrogens is 312 g/mol. The number of aryl methyl sites for hydroxylation is 1. The van der Waals surface area contributed by atoms with E-state index >= 15 is 0 Å². The number of carbonyl (C=O) groups is 1. The lowest BCUT2D eigenvalue weighted by molar-refractivity contribution is 0.0929. The van der Waals surface area contributed by atoms with E-state index < -0.39 is 0 Å². The number of amides is 1. The topological polar surface area (TPSA) is 64.3 Å². The molecule has 0 radical (unpaired) electrons. The van der Waals surface area contributed by atoms with E-state index in [1.807, 2.05) is 12.1 Å². The molecule has 1 atom stereocenters. The van der Waals surface area contributed by atoms with Crippen molar-refractivity contribution in [3.05, 3.63) is 58.1 Å². The molecule has 2 aromatic rings. The minimum Gasteiger partial charge on any atom is -0.496 e. The van der Waals surface area contributed by atoms with Crippen LogP contribution in [0.2, 0.25) is 5.02 Å². The Balaban J connectivity index is 1.87. The van der Waals surface area contributed by atoms with Gasteiger partial charge in [0.15, 0.2) is 0 Å². The molecule has 1 amide bonds. The molecule has 0 saturated carbocycles. The molecule has 4 nitrogen and oxygen atoms in total.